The Morgan fingerprint density at radius 3 is 2.82 bits per heavy atom. The fourth-order valence-electron chi connectivity index (χ4n) is 3.91. The SMILES string of the molecule is Cc1cc(OC[C@@]2(CC(N)=O)CN(C(=O)[C@H]3CCN(C)C3)CCO2)ccc1Cl. The Morgan fingerprint density at radius 2 is 2.18 bits per heavy atom. The zero-order valence-corrected chi connectivity index (χ0v) is 17.2. The molecule has 0 spiro atoms. The molecule has 8 heteroatoms. The molecular weight excluding hydrogens is 382 g/mol. The van der Waals surface area contributed by atoms with Crippen molar-refractivity contribution in [2.24, 2.45) is 11.7 Å². The summed E-state index contributed by atoms with van der Waals surface area (Å²) in [6.45, 7) is 4.87. The highest BCUT2D eigenvalue weighted by Gasteiger charge is 2.42. The van der Waals surface area contributed by atoms with Crippen molar-refractivity contribution in [2.45, 2.75) is 25.4 Å². The van der Waals surface area contributed by atoms with Gasteiger partial charge in [-0.1, -0.05) is 11.6 Å². The maximum Gasteiger partial charge on any atom is 0.227 e. The minimum atomic E-state index is -0.947. The Morgan fingerprint density at radius 1 is 1.39 bits per heavy atom. The van der Waals surface area contributed by atoms with Crippen LogP contribution < -0.4 is 10.5 Å². The maximum atomic E-state index is 12.9. The highest BCUT2D eigenvalue weighted by molar-refractivity contribution is 6.31. The largest absolute Gasteiger partial charge is 0.490 e. The van der Waals surface area contributed by atoms with Gasteiger partial charge in [-0.3, -0.25) is 9.59 Å². The molecule has 0 aromatic heterocycles. The van der Waals surface area contributed by atoms with Gasteiger partial charge < -0.3 is 25.0 Å². The number of primary amides is 1. The topological polar surface area (TPSA) is 85.1 Å². The number of hydrogen-bond acceptors (Lipinski definition) is 5. The van der Waals surface area contributed by atoms with E-state index >= 15 is 0 Å². The van der Waals surface area contributed by atoms with Gasteiger partial charge in [0.15, 0.2) is 0 Å². The van der Waals surface area contributed by atoms with Gasteiger partial charge in [-0.15, -0.1) is 0 Å². The number of aryl methyl sites for hydroxylation is 1. The molecule has 1 aromatic carbocycles. The first-order chi connectivity index (χ1) is 13.3. The standard InChI is InChI=1S/C20H28ClN3O4/c1-14-9-16(3-4-17(14)21)27-13-20(10-18(22)25)12-24(7-8-28-20)19(26)15-5-6-23(2)11-15/h3-4,9,15H,5-8,10-13H2,1-2H3,(H2,22,25)/t15-,20+/m0/s1. The summed E-state index contributed by atoms with van der Waals surface area (Å²) in [6, 6.07) is 5.37. The average Bonchev–Trinajstić information content (AvgIpc) is 3.08. The van der Waals surface area contributed by atoms with Gasteiger partial charge in [0, 0.05) is 18.1 Å². The molecule has 1 aromatic rings. The first-order valence-electron chi connectivity index (χ1n) is 9.56. The second kappa shape index (κ2) is 8.68. The third-order valence-corrected chi connectivity index (χ3v) is 5.85. The molecule has 2 aliphatic rings. The quantitative estimate of drug-likeness (QED) is 0.768. The summed E-state index contributed by atoms with van der Waals surface area (Å²) in [6.07, 6.45) is 0.851. The molecule has 3 rings (SSSR count). The van der Waals surface area contributed by atoms with E-state index < -0.39 is 11.5 Å². The molecule has 0 saturated carbocycles. The van der Waals surface area contributed by atoms with Crippen LogP contribution in [0, 0.1) is 12.8 Å². The van der Waals surface area contributed by atoms with Crippen molar-refractivity contribution in [3.63, 3.8) is 0 Å². The summed E-state index contributed by atoms with van der Waals surface area (Å²) in [5.41, 5.74) is 5.43. The number of carbonyl (C=O) groups is 2. The molecule has 0 bridgehead atoms. The molecule has 2 N–H and O–H groups in total. The fraction of sp³-hybridized carbons (Fsp3) is 0.600. The van der Waals surface area contributed by atoms with Crippen molar-refractivity contribution in [1.29, 1.82) is 0 Å². The lowest BCUT2D eigenvalue weighted by Gasteiger charge is -2.42. The smallest absolute Gasteiger partial charge is 0.227 e. The molecule has 28 heavy (non-hydrogen) atoms. The summed E-state index contributed by atoms with van der Waals surface area (Å²) >= 11 is 6.06. The number of rotatable bonds is 6. The molecule has 0 radical (unpaired) electrons. The Hall–Kier alpha value is -1.83. The van der Waals surface area contributed by atoms with Crippen LogP contribution in [0.5, 0.6) is 5.75 Å². The minimum Gasteiger partial charge on any atom is -0.490 e. The molecule has 2 amide bonds. The number of carbonyl (C=O) groups excluding carboxylic acids is 2. The number of nitrogens with zero attached hydrogens (tertiary/aromatic N) is 2. The van der Waals surface area contributed by atoms with Gasteiger partial charge in [-0.05, 0) is 50.7 Å². The molecule has 2 atom stereocenters. The van der Waals surface area contributed by atoms with Gasteiger partial charge >= 0.3 is 0 Å². The third-order valence-electron chi connectivity index (χ3n) is 5.43. The molecule has 0 aliphatic carbocycles. The fourth-order valence-corrected chi connectivity index (χ4v) is 4.03. The number of ether oxygens (including phenoxy) is 2. The van der Waals surface area contributed by atoms with E-state index in [1.165, 1.54) is 0 Å². The number of amides is 2. The predicted molar refractivity (Wildman–Crippen MR) is 106 cm³/mol. The van der Waals surface area contributed by atoms with Crippen LogP contribution in [-0.4, -0.2) is 73.7 Å². The second-order valence-electron chi connectivity index (χ2n) is 7.88. The molecule has 2 heterocycles. The Balaban J connectivity index is 1.71. The maximum absolute atomic E-state index is 12.9. The Labute approximate surface area is 170 Å². The van der Waals surface area contributed by atoms with Gasteiger partial charge in [-0.25, -0.2) is 0 Å². The van der Waals surface area contributed by atoms with Crippen LogP contribution in [0.1, 0.15) is 18.4 Å². The monoisotopic (exact) mass is 409 g/mol. The zero-order chi connectivity index (χ0) is 20.3. The molecule has 2 saturated heterocycles. The van der Waals surface area contributed by atoms with E-state index in [9.17, 15) is 9.59 Å². The van der Waals surface area contributed by atoms with E-state index in [0.717, 1.165) is 25.1 Å². The second-order valence-corrected chi connectivity index (χ2v) is 8.29. The van der Waals surface area contributed by atoms with Gasteiger partial charge in [0.1, 0.15) is 18.0 Å². The van der Waals surface area contributed by atoms with Crippen LogP contribution in [0.2, 0.25) is 5.02 Å². The van der Waals surface area contributed by atoms with E-state index in [-0.39, 0.29) is 24.9 Å². The van der Waals surface area contributed by atoms with E-state index in [1.54, 1.807) is 17.0 Å². The van der Waals surface area contributed by atoms with Crippen LogP contribution in [0.4, 0.5) is 0 Å². The van der Waals surface area contributed by atoms with Gasteiger partial charge in [0.2, 0.25) is 11.8 Å². The van der Waals surface area contributed by atoms with Crippen LogP contribution in [0.15, 0.2) is 18.2 Å². The molecule has 154 valence electrons. The van der Waals surface area contributed by atoms with E-state index in [2.05, 4.69) is 4.90 Å². The summed E-state index contributed by atoms with van der Waals surface area (Å²) in [4.78, 5) is 28.6. The number of benzene rings is 1. The van der Waals surface area contributed by atoms with Crippen molar-refractivity contribution in [3.8, 4) is 5.75 Å². The number of morpholine rings is 1. The van der Waals surface area contributed by atoms with Gasteiger partial charge in [0.25, 0.3) is 0 Å². The Kier molecular flexibility index (Phi) is 6.47. The van der Waals surface area contributed by atoms with Crippen molar-refractivity contribution < 1.29 is 19.1 Å². The van der Waals surface area contributed by atoms with E-state index in [0.29, 0.717) is 30.5 Å². The van der Waals surface area contributed by atoms with E-state index in [4.69, 9.17) is 26.8 Å². The lowest BCUT2D eigenvalue weighted by molar-refractivity contribution is -0.164. The molecular formula is C20H28ClN3O4. The van der Waals surface area contributed by atoms with Crippen molar-refractivity contribution in [1.82, 2.24) is 9.80 Å². The minimum absolute atomic E-state index is 0.00536. The summed E-state index contributed by atoms with van der Waals surface area (Å²) in [7, 11) is 2.02. The Bertz CT molecular complexity index is 744. The van der Waals surface area contributed by atoms with Gasteiger partial charge in [0.05, 0.1) is 25.5 Å². The van der Waals surface area contributed by atoms with Crippen molar-refractivity contribution in [3.05, 3.63) is 28.8 Å². The summed E-state index contributed by atoms with van der Waals surface area (Å²) in [5, 5.41) is 0.659. The molecule has 0 unspecified atom stereocenters. The number of likely N-dealkylation sites (tertiary alicyclic amines) is 1. The van der Waals surface area contributed by atoms with Crippen LogP contribution in [0.25, 0.3) is 0 Å². The van der Waals surface area contributed by atoms with Crippen molar-refractivity contribution >= 4 is 23.4 Å². The predicted octanol–water partition coefficient (Wildman–Crippen LogP) is 1.45. The lowest BCUT2D eigenvalue weighted by Crippen LogP contribution is -2.58. The first-order valence-corrected chi connectivity index (χ1v) is 9.94. The zero-order valence-electron chi connectivity index (χ0n) is 16.4. The average molecular weight is 410 g/mol. The van der Waals surface area contributed by atoms with Crippen LogP contribution in [-0.2, 0) is 14.3 Å². The normalized spacial score (nSPS) is 25.7. The van der Waals surface area contributed by atoms with Crippen molar-refractivity contribution in [2.75, 3.05) is 46.4 Å². The molecule has 2 aliphatic heterocycles. The van der Waals surface area contributed by atoms with Gasteiger partial charge in [-0.2, -0.15) is 0 Å². The lowest BCUT2D eigenvalue weighted by atomic mass is 9.96. The highest BCUT2D eigenvalue weighted by atomic mass is 35.5. The first kappa shape index (κ1) is 20.9. The third kappa shape index (κ3) is 4.96. The summed E-state index contributed by atoms with van der Waals surface area (Å²) in [5.74, 6) is 0.263. The molecule has 7 nitrogen and oxygen atoms in total. The van der Waals surface area contributed by atoms with E-state index in [1.807, 2.05) is 20.0 Å². The number of nitrogens with two attached hydrogens (primary N) is 1. The number of hydrogen-bond donors (Lipinski definition) is 1. The van der Waals surface area contributed by atoms with Crippen LogP contribution >= 0.6 is 11.6 Å². The molecule has 2 fully saturated rings. The van der Waals surface area contributed by atoms with Crippen LogP contribution in [0.3, 0.4) is 0 Å². The number of halogens is 1. The summed E-state index contributed by atoms with van der Waals surface area (Å²) < 4.78 is 11.9. The highest BCUT2D eigenvalue weighted by Crippen LogP contribution is 2.28.